The molecule has 1 unspecified atom stereocenters. The lowest BCUT2D eigenvalue weighted by molar-refractivity contribution is 0.373. The molecule has 0 fully saturated rings. The monoisotopic (exact) mass is 143 g/mol. The zero-order valence-corrected chi connectivity index (χ0v) is 6.15. The Labute approximate surface area is 61.1 Å². The third-order valence-corrected chi connectivity index (χ3v) is 1.94. The zero-order chi connectivity index (χ0) is 7.40. The number of halogens is 1. The van der Waals surface area contributed by atoms with Crippen molar-refractivity contribution in [3.05, 3.63) is 11.6 Å². The largest absolute Gasteiger partial charge is 0.327 e. The van der Waals surface area contributed by atoms with Gasteiger partial charge in [-0.15, -0.1) is 0 Å². The summed E-state index contributed by atoms with van der Waals surface area (Å²) in [4.78, 5) is 0. The smallest absolute Gasteiger partial charge is 0.133 e. The van der Waals surface area contributed by atoms with Gasteiger partial charge in [0.2, 0.25) is 0 Å². The molecular weight excluding hydrogens is 129 g/mol. The second-order valence-electron chi connectivity index (χ2n) is 2.73. The number of rotatable bonds is 2. The van der Waals surface area contributed by atoms with Gasteiger partial charge < -0.3 is 5.73 Å². The molecule has 2 N–H and O–H groups in total. The van der Waals surface area contributed by atoms with Gasteiger partial charge in [-0.25, -0.2) is 4.39 Å². The SMILES string of the molecule is NCC(F)C1=CCCCC1. The number of alkyl halides is 1. The minimum atomic E-state index is -0.875. The molecule has 1 nitrogen and oxygen atoms in total. The van der Waals surface area contributed by atoms with E-state index in [1.54, 1.807) is 0 Å². The third-order valence-electron chi connectivity index (χ3n) is 1.94. The van der Waals surface area contributed by atoms with Crippen LogP contribution in [0.15, 0.2) is 11.6 Å². The highest BCUT2D eigenvalue weighted by atomic mass is 19.1. The fourth-order valence-corrected chi connectivity index (χ4v) is 1.30. The van der Waals surface area contributed by atoms with Crippen LogP contribution in [0, 0.1) is 0 Å². The molecule has 0 spiro atoms. The summed E-state index contributed by atoms with van der Waals surface area (Å²) in [6.45, 7) is 0.145. The van der Waals surface area contributed by atoms with Crippen molar-refractivity contribution in [1.29, 1.82) is 0 Å². The molecule has 0 bridgehead atoms. The van der Waals surface area contributed by atoms with Gasteiger partial charge in [0, 0.05) is 6.54 Å². The summed E-state index contributed by atoms with van der Waals surface area (Å²) >= 11 is 0. The molecule has 0 heterocycles. The number of allylic oxidation sites excluding steroid dienone is 1. The Kier molecular flexibility index (Phi) is 2.87. The van der Waals surface area contributed by atoms with E-state index < -0.39 is 6.17 Å². The molecule has 0 saturated carbocycles. The summed E-state index contributed by atoms with van der Waals surface area (Å²) in [6.07, 6.45) is 5.42. The summed E-state index contributed by atoms with van der Waals surface area (Å²) in [7, 11) is 0. The van der Waals surface area contributed by atoms with E-state index in [0.717, 1.165) is 24.8 Å². The molecule has 0 amide bonds. The maximum Gasteiger partial charge on any atom is 0.133 e. The van der Waals surface area contributed by atoms with Gasteiger partial charge in [0.1, 0.15) is 6.17 Å². The van der Waals surface area contributed by atoms with Crippen molar-refractivity contribution in [3.8, 4) is 0 Å². The lowest BCUT2D eigenvalue weighted by Gasteiger charge is -2.14. The first-order valence-electron chi connectivity index (χ1n) is 3.87. The van der Waals surface area contributed by atoms with Crippen LogP contribution in [0.25, 0.3) is 0 Å². The van der Waals surface area contributed by atoms with Crippen molar-refractivity contribution in [3.63, 3.8) is 0 Å². The molecule has 0 radical (unpaired) electrons. The van der Waals surface area contributed by atoms with Crippen molar-refractivity contribution in [2.24, 2.45) is 5.73 Å². The van der Waals surface area contributed by atoms with Crippen molar-refractivity contribution in [2.45, 2.75) is 31.9 Å². The van der Waals surface area contributed by atoms with Gasteiger partial charge >= 0.3 is 0 Å². The summed E-state index contributed by atoms with van der Waals surface area (Å²) in [6, 6.07) is 0. The molecular formula is C8H14FN. The van der Waals surface area contributed by atoms with Crippen LogP contribution < -0.4 is 5.73 Å². The van der Waals surface area contributed by atoms with E-state index in [9.17, 15) is 4.39 Å². The quantitative estimate of drug-likeness (QED) is 0.586. The number of hydrogen-bond donors (Lipinski definition) is 1. The maximum absolute atomic E-state index is 12.8. The molecule has 1 aliphatic carbocycles. The van der Waals surface area contributed by atoms with Crippen LogP contribution in [-0.4, -0.2) is 12.7 Å². The highest BCUT2D eigenvalue weighted by molar-refractivity contribution is 5.10. The maximum atomic E-state index is 12.8. The Morgan fingerprint density at radius 3 is 2.90 bits per heavy atom. The Morgan fingerprint density at radius 2 is 2.40 bits per heavy atom. The normalized spacial score (nSPS) is 22.0. The van der Waals surface area contributed by atoms with Gasteiger partial charge in [-0.2, -0.15) is 0 Å². The molecule has 0 aromatic heterocycles. The molecule has 1 rings (SSSR count). The van der Waals surface area contributed by atoms with Gasteiger partial charge in [0.25, 0.3) is 0 Å². The second kappa shape index (κ2) is 3.71. The predicted molar refractivity (Wildman–Crippen MR) is 40.5 cm³/mol. The van der Waals surface area contributed by atoms with E-state index in [0.29, 0.717) is 0 Å². The molecule has 0 aromatic carbocycles. The Hall–Kier alpha value is -0.370. The van der Waals surface area contributed by atoms with Gasteiger partial charge in [0.15, 0.2) is 0 Å². The first kappa shape index (κ1) is 7.73. The molecule has 0 aliphatic heterocycles. The van der Waals surface area contributed by atoms with E-state index >= 15 is 0 Å². The first-order chi connectivity index (χ1) is 4.84. The minimum absolute atomic E-state index is 0.145. The van der Waals surface area contributed by atoms with Crippen LogP contribution in [0.2, 0.25) is 0 Å². The summed E-state index contributed by atoms with van der Waals surface area (Å²) < 4.78 is 12.8. The molecule has 0 saturated heterocycles. The van der Waals surface area contributed by atoms with Crippen molar-refractivity contribution in [1.82, 2.24) is 0 Å². The lowest BCUT2D eigenvalue weighted by Crippen LogP contribution is -2.18. The summed E-state index contributed by atoms with van der Waals surface area (Å²) in [5.41, 5.74) is 6.11. The van der Waals surface area contributed by atoms with Crippen LogP contribution >= 0.6 is 0 Å². The summed E-state index contributed by atoms with van der Waals surface area (Å²) in [5, 5.41) is 0. The van der Waals surface area contributed by atoms with Crippen LogP contribution in [-0.2, 0) is 0 Å². The van der Waals surface area contributed by atoms with Gasteiger partial charge in [-0.3, -0.25) is 0 Å². The van der Waals surface area contributed by atoms with Crippen LogP contribution in [0.5, 0.6) is 0 Å². The van der Waals surface area contributed by atoms with Gasteiger partial charge in [-0.05, 0) is 31.3 Å². The highest BCUT2D eigenvalue weighted by Crippen LogP contribution is 2.21. The zero-order valence-electron chi connectivity index (χ0n) is 6.15. The molecule has 10 heavy (non-hydrogen) atoms. The van der Waals surface area contributed by atoms with Crippen molar-refractivity contribution >= 4 is 0 Å². The fourth-order valence-electron chi connectivity index (χ4n) is 1.30. The van der Waals surface area contributed by atoms with Gasteiger partial charge in [0.05, 0.1) is 0 Å². The van der Waals surface area contributed by atoms with E-state index in [1.165, 1.54) is 6.42 Å². The standard InChI is InChI=1S/C8H14FN/c9-8(6-10)7-4-2-1-3-5-7/h4,8H,1-3,5-6,10H2. The molecule has 1 atom stereocenters. The molecule has 0 aromatic rings. The minimum Gasteiger partial charge on any atom is -0.327 e. The fraction of sp³-hybridized carbons (Fsp3) is 0.750. The van der Waals surface area contributed by atoms with Crippen LogP contribution in [0.4, 0.5) is 4.39 Å². The van der Waals surface area contributed by atoms with Crippen molar-refractivity contribution in [2.75, 3.05) is 6.54 Å². The first-order valence-corrected chi connectivity index (χ1v) is 3.87. The Bertz CT molecular complexity index is 131. The lowest BCUT2D eigenvalue weighted by atomic mass is 9.96. The average molecular weight is 143 g/mol. The van der Waals surface area contributed by atoms with Crippen LogP contribution in [0.3, 0.4) is 0 Å². The van der Waals surface area contributed by atoms with Crippen LogP contribution in [0.1, 0.15) is 25.7 Å². The van der Waals surface area contributed by atoms with Crippen molar-refractivity contribution < 1.29 is 4.39 Å². The summed E-state index contributed by atoms with van der Waals surface area (Å²) in [5.74, 6) is 0. The second-order valence-corrected chi connectivity index (χ2v) is 2.73. The Balaban J connectivity index is 2.44. The predicted octanol–water partition coefficient (Wildman–Crippen LogP) is 1.78. The number of hydrogen-bond acceptors (Lipinski definition) is 1. The van der Waals surface area contributed by atoms with E-state index in [1.807, 2.05) is 6.08 Å². The van der Waals surface area contributed by atoms with Gasteiger partial charge in [-0.1, -0.05) is 6.08 Å². The molecule has 2 heteroatoms. The third kappa shape index (κ3) is 1.81. The number of nitrogens with two attached hydrogens (primary N) is 1. The van der Waals surface area contributed by atoms with E-state index in [2.05, 4.69) is 0 Å². The topological polar surface area (TPSA) is 26.0 Å². The highest BCUT2D eigenvalue weighted by Gasteiger charge is 2.12. The van der Waals surface area contributed by atoms with E-state index in [4.69, 9.17) is 5.73 Å². The average Bonchev–Trinajstić information content (AvgIpc) is 2.05. The Morgan fingerprint density at radius 1 is 1.60 bits per heavy atom. The molecule has 58 valence electrons. The van der Waals surface area contributed by atoms with E-state index in [-0.39, 0.29) is 6.54 Å². The molecule has 1 aliphatic rings.